The maximum atomic E-state index is 5.53. The molecule has 0 amide bonds. The van der Waals surface area contributed by atoms with Crippen molar-refractivity contribution in [1.29, 1.82) is 0 Å². The molecule has 8 heteroatoms. The first kappa shape index (κ1) is 19.7. The van der Waals surface area contributed by atoms with Gasteiger partial charge in [0.25, 0.3) is 0 Å². The normalized spacial score (nSPS) is 14.5. The smallest absolute Gasteiger partial charge is 0.240 e. The number of fused-ring (bicyclic) bond motifs is 1. The van der Waals surface area contributed by atoms with E-state index in [2.05, 4.69) is 48.1 Å². The topological polar surface area (TPSA) is 84.8 Å². The van der Waals surface area contributed by atoms with Crippen molar-refractivity contribution in [2.24, 2.45) is 0 Å². The largest absolute Gasteiger partial charge is 0.378 e. The van der Waals surface area contributed by atoms with E-state index in [4.69, 9.17) is 24.7 Å². The number of hydrogen-bond donors (Lipinski definition) is 1. The van der Waals surface area contributed by atoms with Crippen molar-refractivity contribution in [3.05, 3.63) is 48.2 Å². The summed E-state index contributed by atoms with van der Waals surface area (Å²) in [5.41, 5.74) is 3.10. The Balaban J connectivity index is 1.69. The minimum absolute atomic E-state index is 0.620. The van der Waals surface area contributed by atoms with Crippen molar-refractivity contribution in [3.8, 4) is 17.3 Å². The van der Waals surface area contributed by atoms with Crippen LogP contribution in [-0.4, -0.2) is 55.8 Å². The molecule has 0 aliphatic carbocycles. The standard InChI is InChI=1S/C23H27N7O/c1-3-6-20-25-16(4-2)15-30(20)23-27-21(18-7-5-8-19-17(18)9-10-24-19)26-22(28-23)29-11-13-31-14-12-29/h5,7-10,15,24H,3-4,6,11-14H2,1-2H3. The number of aryl methyl sites for hydroxylation is 2. The number of H-pyrrole nitrogens is 1. The quantitative estimate of drug-likeness (QED) is 0.516. The molecule has 0 atom stereocenters. The maximum absolute atomic E-state index is 5.53. The average Bonchev–Trinajstić information content (AvgIpc) is 3.46. The second-order valence-electron chi connectivity index (χ2n) is 7.72. The van der Waals surface area contributed by atoms with E-state index in [1.165, 1.54) is 0 Å². The van der Waals surface area contributed by atoms with Gasteiger partial charge in [0.15, 0.2) is 5.82 Å². The second kappa shape index (κ2) is 8.47. The van der Waals surface area contributed by atoms with Crippen molar-refractivity contribution < 1.29 is 4.74 Å². The van der Waals surface area contributed by atoms with Crippen LogP contribution in [0.2, 0.25) is 0 Å². The first-order valence-electron chi connectivity index (χ1n) is 11.0. The van der Waals surface area contributed by atoms with Crippen LogP contribution in [0.3, 0.4) is 0 Å². The zero-order valence-corrected chi connectivity index (χ0v) is 18.0. The molecule has 31 heavy (non-hydrogen) atoms. The predicted octanol–water partition coefficient (Wildman–Crippen LogP) is 3.56. The number of anilines is 1. The van der Waals surface area contributed by atoms with Crippen molar-refractivity contribution >= 4 is 16.9 Å². The van der Waals surface area contributed by atoms with E-state index in [-0.39, 0.29) is 0 Å². The number of hydrogen-bond acceptors (Lipinski definition) is 6. The number of morpholine rings is 1. The Bertz CT molecular complexity index is 1190. The number of imidazole rings is 1. The van der Waals surface area contributed by atoms with E-state index in [1.54, 1.807) is 0 Å². The van der Waals surface area contributed by atoms with Gasteiger partial charge in [-0.25, -0.2) is 4.98 Å². The summed E-state index contributed by atoms with van der Waals surface area (Å²) in [4.78, 5) is 24.9. The van der Waals surface area contributed by atoms with Gasteiger partial charge in [0.05, 0.1) is 18.9 Å². The highest BCUT2D eigenvalue weighted by Gasteiger charge is 2.20. The molecule has 1 aromatic carbocycles. The Morgan fingerprint density at radius 1 is 1.00 bits per heavy atom. The van der Waals surface area contributed by atoms with E-state index < -0.39 is 0 Å². The lowest BCUT2D eigenvalue weighted by atomic mass is 10.1. The highest BCUT2D eigenvalue weighted by molar-refractivity contribution is 5.93. The van der Waals surface area contributed by atoms with Gasteiger partial charge in [-0.15, -0.1) is 0 Å². The van der Waals surface area contributed by atoms with Gasteiger partial charge in [-0.1, -0.05) is 26.0 Å². The second-order valence-corrected chi connectivity index (χ2v) is 7.72. The molecule has 3 aromatic heterocycles. The van der Waals surface area contributed by atoms with Crippen LogP contribution in [0.5, 0.6) is 0 Å². The predicted molar refractivity (Wildman–Crippen MR) is 121 cm³/mol. The van der Waals surface area contributed by atoms with Crippen LogP contribution < -0.4 is 4.90 Å². The number of aromatic amines is 1. The van der Waals surface area contributed by atoms with Crippen LogP contribution in [0.1, 0.15) is 31.8 Å². The third-order valence-electron chi connectivity index (χ3n) is 5.62. The Morgan fingerprint density at radius 3 is 2.65 bits per heavy atom. The molecule has 0 spiro atoms. The number of ether oxygens (including phenoxy) is 1. The minimum atomic E-state index is 0.620. The highest BCUT2D eigenvalue weighted by Crippen LogP contribution is 2.28. The number of nitrogens with zero attached hydrogens (tertiary/aromatic N) is 6. The van der Waals surface area contributed by atoms with Gasteiger partial charge < -0.3 is 14.6 Å². The Morgan fingerprint density at radius 2 is 1.84 bits per heavy atom. The highest BCUT2D eigenvalue weighted by atomic mass is 16.5. The fourth-order valence-corrected chi connectivity index (χ4v) is 3.98. The van der Waals surface area contributed by atoms with Crippen LogP contribution in [-0.2, 0) is 17.6 Å². The molecule has 160 valence electrons. The van der Waals surface area contributed by atoms with Crippen molar-refractivity contribution in [3.63, 3.8) is 0 Å². The van der Waals surface area contributed by atoms with Gasteiger partial charge in [0, 0.05) is 48.4 Å². The van der Waals surface area contributed by atoms with Gasteiger partial charge in [-0.3, -0.25) is 4.57 Å². The molecular formula is C23H27N7O. The molecule has 1 saturated heterocycles. The van der Waals surface area contributed by atoms with Gasteiger partial charge >= 0.3 is 0 Å². The van der Waals surface area contributed by atoms with E-state index >= 15 is 0 Å². The Labute approximate surface area is 181 Å². The Kier molecular flexibility index (Phi) is 5.38. The fourth-order valence-electron chi connectivity index (χ4n) is 3.98. The lowest BCUT2D eigenvalue weighted by molar-refractivity contribution is 0.122. The molecule has 1 fully saturated rings. The van der Waals surface area contributed by atoms with Gasteiger partial charge in [0.1, 0.15) is 5.82 Å². The molecule has 1 aliphatic rings. The lowest BCUT2D eigenvalue weighted by Crippen LogP contribution is -2.37. The van der Waals surface area contributed by atoms with E-state index in [9.17, 15) is 0 Å². The molecule has 0 unspecified atom stereocenters. The molecule has 5 rings (SSSR count). The third kappa shape index (κ3) is 3.79. The van der Waals surface area contributed by atoms with Crippen LogP contribution in [0.25, 0.3) is 28.2 Å². The molecular weight excluding hydrogens is 390 g/mol. The molecule has 1 aliphatic heterocycles. The van der Waals surface area contributed by atoms with Crippen molar-refractivity contribution in [2.45, 2.75) is 33.1 Å². The zero-order valence-electron chi connectivity index (χ0n) is 18.0. The average molecular weight is 418 g/mol. The van der Waals surface area contributed by atoms with Gasteiger partial charge in [0.2, 0.25) is 11.9 Å². The van der Waals surface area contributed by atoms with Gasteiger partial charge in [-0.05, 0) is 25.0 Å². The molecule has 1 N–H and O–H groups in total. The van der Waals surface area contributed by atoms with Gasteiger partial charge in [-0.2, -0.15) is 15.0 Å². The summed E-state index contributed by atoms with van der Waals surface area (Å²) < 4.78 is 7.57. The molecule has 4 aromatic rings. The number of benzene rings is 1. The van der Waals surface area contributed by atoms with E-state index in [0.717, 1.165) is 60.3 Å². The van der Waals surface area contributed by atoms with Crippen LogP contribution in [0.4, 0.5) is 5.95 Å². The molecule has 4 heterocycles. The lowest BCUT2D eigenvalue weighted by Gasteiger charge is -2.27. The number of nitrogens with one attached hydrogen (secondary N) is 1. The summed E-state index contributed by atoms with van der Waals surface area (Å²) in [6.45, 7) is 7.17. The number of rotatable bonds is 6. The summed E-state index contributed by atoms with van der Waals surface area (Å²) in [6, 6.07) is 8.22. The monoisotopic (exact) mass is 417 g/mol. The van der Waals surface area contributed by atoms with Crippen molar-refractivity contribution in [2.75, 3.05) is 31.2 Å². The summed E-state index contributed by atoms with van der Waals surface area (Å²) >= 11 is 0. The molecule has 0 saturated carbocycles. The summed E-state index contributed by atoms with van der Waals surface area (Å²) in [7, 11) is 0. The SMILES string of the molecule is CCCc1nc(CC)cn1-c1nc(-c2cccc3[nH]ccc23)nc(N2CCOCC2)n1. The van der Waals surface area contributed by atoms with Crippen LogP contribution >= 0.6 is 0 Å². The molecule has 0 radical (unpaired) electrons. The van der Waals surface area contributed by atoms with Crippen molar-refractivity contribution in [1.82, 2.24) is 29.5 Å². The fraction of sp³-hybridized carbons (Fsp3) is 0.391. The first-order valence-corrected chi connectivity index (χ1v) is 11.0. The number of aromatic nitrogens is 6. The van der Waals surface area contributed by atoms with E-state index in [1.807, 2.05) is 16.8 Å². The molecule has 0 bridgehead atoms. The first-order chi connectivity index (χ1) is 15.3. The summed E-state index contributed by atoms with van der Waals surface area (Å²) in [5, 5.41) is 1.10. The Hall–Kier alpha value is -3.26. The van der Waals surface area contributed by atoms with Crippen LogP contribution in [0.15, 0.2) is 36.7 Å². The maximum Gasteiger partial charge on any atom is 0.240 e. The van der Waals surface area contributed by atoms with E-state index in [0.29, 0.717) is 30.9 Å². The summed E-state index contributed by atoms with van der Waals surface area (Å²) in [5.74, 6) is 2.97. The third-order valence-corrected chi connectivity index (χ3v) is 5.62. The minimum Gasteiger partial charge on any atom is -0.378 e. The zero-order chi connectivity index (χ0) is 21.2. The summed E-state index contributed by atoms with van der Waals surface area (Å²) in [6.07, 6.45) is 6.77. The van der Waals surface area contributed by atoms with Crippen LogP contribution in [0, 0.1) is 0 Å². The molecule has 8 nitrogen and oxygen atoms in total.